The lowest BCUT2D eigenvalue weighted by Crippen LogP contribution is -2.37. The predicted molar refractivity (Wildman–Crippen MR) is 109 cm³/mol. The molecule has 0 bridgehead atoms. The monoisotopic (exact) mass is 399 g/mol. The second-order valence-electron chi connectivity index (χ2n) is 6.66. The lowest BCUT2D eigenvalue weighted by molar-refractivity contribution is -0.147. The number of amides is 2. The summed E-state index contributed by atoms with van der Waals surface area (Å²) in [6.07, 6.45) is 3.12. The van der Waals surface area contributed by atoms with E-state index in [0.717, 1.165) is 22.4 Å². The topological polar surface area (TPSA) is 114 Å². The third kappa shape index (κ3) is 6.87. The summed E-state index contributed by atoms with van der Waals surface area (Å²) in [5, 5.41) is 5.22. The largest absolute Gasteiger partial charge is 0.454 e. The van der Waals surface area contributed by atoms with Crippen LogP contribution in [0.25, 0.3) is 0 Å². The number of ether oxygens (including phenoxy) is 1. The second kappa shape index (κ2) is 10.2. The number of carbonyl (C=O) groups is 3. The Hall–Kier alpha value is -3.49. The highest BCUT2D eigenvalue weighted by Crippen LogP contribution is 2.21. The molecule has 0 atom stereocenters. The van der Waals surface area contributed by atoms with E-state index >= 15 is 0 Å². The normalized spacial score (nSPS) is 10.2. The molecule has 0 fully saturated rings. The first-order valence-electron chi connectivity index (χ1n) is 9.04. The fourth-order valence-corrected chi connectivity index (χ4v) is 2.74. The van der Waals surface area contributed by atoms with E-state index in [0.29, 0.717) is 5.95 Å². The highest BCUT2D eigenvalue weighted by Gasteiger charge is 2.14. The Morgan fingerprint density at radius 3 is 2.28 bits per heavy atom. The molecule has 0 aliphatic heterocycles. The molecule has 0 saturated heterocycles. The van der Waals surface area contributed by atoms with Gasteiger partial charge in [0.05, 0.1) is 6.54 Å². The van der Waals surface area contributed by atoms with Gasteiger partial charge >= 0.3 is 5.97 Å². The lowest BCUT2D eigenvalue weighted by atomic mass is 10.1. The molecule has 2 aromatic rings. The van der Waals surface area contributed by atoms with E-state index in [4.69, 9.17) is 4.74 Å². The summed E-state index contributed by atoms with van der Waals surface area (Å²) < 4.78 is 4.92. The number of likely N-dealkylation sites (N-methyl/N-ethyl adjacent to an activating group) is 1. The fourth-order valence-electron chi connectivity index (χ4n) is 2.74. The molecular formula is C20H25N5O4. The van der Waals surface area contributed by atoms with Crippen LogP contribution in [0.1, 0.15) is 16.7 Å². The molecule has 9 nitrogen and oxygen atoms in total. The van der Waals surface area contributed by atoms with E-state index in [1.54, 1.807) is 25.5 Å². The number of nitrogens with one attached hydrogen (secondary N) is 2. The van der Waals surface area contributed by atoms with E-state index in [1.165, 1.54) is 4.90 Å². The van der Waals surface area contributed by atoms with Crippen LogP contribution in [0.4, 0.5) is 11.6 Å². The van der Waals surface area contributed by atoms with Gasteiger partial charge in [-0.1, -0.05) is 17.7 Å². The molecule has 154 valence electrons. The maximum atomic E-state index is 12.1. The Morgan fingerprint density at radius 2 is 1.66 bits per heavy atom. The van der Waals surface area contributed by atoms with Crippen molar-refractivity contribution in [2.75, 3.05) is 37.0 Å². The van der Waals surface area contributed by atoms with Crippen molar-refractivity contribution in [3.63, 3.8) is 0 Å². The van der Waals surface area contributed by atoms with Crippen molar-refractivity contribution in [1.82, 2.24) is 15.3 Å². The van der Waals surface area contributed by atoms with Gasteiger partial charge in [-0.3, -0.25) is 14.4 Å². The minimum Gasteiger partial charge on any atom is -0.454 e. The number of aromatic nitrogens is 2. The van der Waals surface area contributed by atoms with Gasteiger partial charge < -0.3 is 20.3 Å². The average molecular weight is 399 g/mol. The number of rotatable bonds is 8. The number of hydrogen-bond donors (Lipinski definition) is 2. The lowest BCUT2D eigenvalue weighted by Gasteiger charge is -2.15. The first-order chi connectivity index (χ1) is 13.8. The number of esters is 1. The third-order valence-electron chi connectivity index (χ3n) is 4.01. The van der Waals surface area contributed by atoms with E-state index in [1.807, 2.05) is 32.9 Å². The van der Waals surface area contributed by atoms with Crippen LogP contribution < -0.4 is 15.5 Å². The van der Waals surface area contributed by atoms with Gasteiger partial charge in [-0.2, -0.15) is 0 Å². The summed E-state index contributed by atoms with van der Waals surface area (Å²) in [5.41, 5.74) is 3.73. The molecule has 2 amide bonds. The number of anilines is 2. The molecule has 29 heavy (non-hydrogen) atoms. The van der Waals surface area contributed by atoms with Crippen molar-refractivity contribution in [2.45, 2.75) is 20.8 Å². The molecule has 2 rings (SSSR count). The van der Waals surface area contributed by atoms with E-state index in [2.05, 4.69) is 20.6 Å². The Morgan fingerprint density at radius 1 is 1.03 bits per heavy atom. The van der Waals surface area contributed by atoms with E-state index in [-0.39, 0.29) is 19.0 Å². The average Bonchev–Trinajstić information content (AvgIpc) is 2.68. The number of benzene rings is 1. The molecule has 1 aromatic carbocycles. The minimum absolute atomic E-state index is 0.107. The van der Waals surface area contributed by atoms with Crippen LogP contribution in [0.3, 0.4) is 0 Å². The predicted octanol–water partition coefficient (Wildman–Crippen LogP) is 1.14. The maximum Gasteiger partial charge on any atom is 0.326 e. The van der Waals surface area contributed by atoms with Gasteiger partial charge in [0.25, 0.3) is 5.91 Å². The Balaban J connectivity index is 1.73. The van der Waals surface area contributed by atoms with Crippen LogP contribution >= 0.6 is 0 Å². The number of hydrogen-bond acceptors (Lipinski definition) is 7. The van der Waals surface area contributed by atoms with Gasteiger partial charge in [0, 0.05) is 25.1 Å². The summed E-state index contributed by atoms with van der Waals surface area (Å²) in [6, 6.07) is 5.61. The van der Waals surface area contributed by atoms with Crippen LogP contribution in [0.5, 0.6) is 0 Å². The fraction of sp³-hybridized carbons (Fsp3) is 0.350. The summed E-state index contributed by atoms with van der Waals surface area (Å²) in [4.78, 5) is 45.3. The van der Waals surface area contributed by atoms with Gasteiger partial charge in [-0.25, -0.2) is 9.97 Å². The summed E-state index contributed by atoms with van der Waals surface area (Å²) in [7, 11) is 1.63. The quantitative estimate of drug-likeness (QED) is 0.640. The van der Waals surface area contributed by atoms with Crippen molar-refractivity contribution >= 4 is 29.4 Å². The number of aryl methyl sites for hydroxylation is 3. The first-order valence-corrected chi connectivity index (χ1v) is 9.04. The molecule has 0 aliphatic rings. The number of carbonyl (C=O) groups excluding carboxylic acids is 3. The Kier molecular flexibility index (Phi) is 7.64. The molecule has 9 heteroatoms. The highest BCUT2D eigenvalue weighted by molar-refractivity contribution is 5.96. The van der Waals surface area contributed by atoms with Crippen LogP contribution in [-0.2, 0) is 19.1 Å². The van der Waals surface area contributed by atoms with E-state index in [9.17, 15) is 14.4 Å². The molecule has 0 saturated carbocycles. The Labute approximate surface area is 169 Å². The third-order valence-corrected chi connectivity index (χ3v) is 4.01. The summed E-state index contributed by atoms with van der Waals surface area (Å²) in [6.45, 7) is 5.00. The molecule has 1 heterocycles. The zero-order valence-electron chi connectivity index (χ0n) is 17.0. The standard InChI is InChI=1S/C20H25N5O4/c1-13-8-14(2)19(15(3)9-13)24-16(26)10-23-17(27)12-29-18(28)11-25(4)20-21-6-5-7-22-20/h5-9H,10-12H2,1-4H3,(H,23,27)(H,24,26). The molecular weight excluding hydrogens is 374 g/mol. The second-order valence-corrected chi connectivity index (χ2v) is 6.66. The summed E-state index contributed by atoms with van der Waals surface area (Å²) >= 11 is 0. The van der Waals surface area contributed by atoms with Gasteiger partial charge in [-0.05, 0) is 38.0 Å². The minimum atomic E-state index is -0.606. The van der Waals surface area contributed by atoms with E-state index < -0.39 is 18.5 Å². The van der Waals surface area contributed by atoms with Crippen molar-refractivity contribution in [2.24, 2.45) is 0 Å². The Bertz CT molecular complexity index is 863. The molecule has 0 radical (unpaired) electrons. The molecule has 2 N–H and O–H groups in total. The van der Waals surface area contributed by atoms with Crippen LogP contribution in [-0.4, -0.2) is 54.5 Å². The smallest absolute Gasteiger partial charge is 0.326 e. The summed E-state index contributed by atoms with van der Waals surface area (Å²) in [5.74, 6) is -1.16. The zero-order valence-corrected chi connectivity index (χ0v) is 17.0. The first kappa shape index (κ1) is 21.8. The van der Waals surface area contributed by atoms with Crippen molar-refractivity contribution in [1.29, 1.82) is 0 Å². The van der Waals surface area contributed by atoms with Crippen LogP contribution in [0.15, 0.2) is 30.6 Å². The molecule has 1 aromatic heterocycles. The number of nitrogens with zero attached hydrogens (tertiary/aromatic N) is 3. The highest BCUT2D eigenvalue weighted by atomic mass is 16.5. The van der Waals surface area contributed by atoms with Crippen LogP contribution in [0.2, 0.25) is 0 Å². The molecule has 0 aliphatic carbocycles. The van der Waals surface area contributed by atoms with Gasteiger partial charge in [-0.15, -0.1) is 0 Å². The molecule has 0 spiro atoms. The molecule has 0 unspecified atom stereocenters. The van der Waals surface area contributed by atoms with Crippen molar-refractivity contribution < 1.29 is 19.1 Å². The van der Waals surface area contributed by atoms with Gasteiger partial charge in [0.2, 0.25) is 11.9 Å². The SMILES string of the molecule is Cc1cc(C)c(NC(=O)CNC(=O)COC(=O)CN(C)c2ncccn2)c(C)c1. The van der Waals surface area contributed by atoms with Gasteiger partial charge in [0.1, 0.15) is 6.54 Å². The van der Waals surface area contributed by atoms with Crippen molar-refractivity contribution in [3.05, 3.63) is 47.3 Å². The van der Waals surface area contributed by atoms with Crippen LogP contribution in [0, 0.1) is 20.8 Å². The van der Waals surface area contributed by atoms with Gasteiger partial charge in [0.15, 0.2) is 6.61 Å². The zero-order chi connectivity index (χ0) is 21.4. The van der Waals surface area contributed by atoms with Crippen molar-refractivity contribution in [3.8, 4) is 0 Å². The maximum absolute atomic E-state index is 12.1.